The molecule has 0 fully saturated rings. The summed E-state index contributed by atoms with van der Waals surface area (Å²) in [6.07, 6.45) is 3.12. The number of ether oxygens (including phenoxy) is 3. The van der Waals surface area contributed by atoms with E-state index < -0.39 is 0 Å². The second-order valence-electron chi connectivity index (χ2n) is 5.01. The first-order valence-electron chi connectivity index (χ1n) is 7.47. The molecule has 0 bridgehead atoms. The van der Waals surface area contributed by atoms with E-state index in [2.05, 4.69) is 18.3 Å². The standard InChI is InChI=1S/C16H25NO3/c1-3-9-19-10-4-8-17-15-7-11-20-16-6-5-13(18-2)12-14(15)16/h5-6,12,15,17H,3-4,7-11H2,1-2H3. The molecule has 1 aromatic carbocycles. The van der Waals surface area contributed by atoms with Crippen LogP contribution in [0.15, 0.2) is 18.2 Å². The zero-order valence-electron chi connectivity index (χ0n) is 12.5. The molecule has 1 heterocycles. The zero-order chi connectivity index (χ0) is 14.2. The molecule has 0 saturated heterocycles. The van der Waals surface area contributed by atoms with Gasteiger partial charge in [-0.05, 0) is 37.6 Å². The average molecular weight is 279 g/mol. The first-order chi connectivity index (χ1) is 9.85. The molecule has 0 amide bonds. The summed E-state index contributed by atoms with van der Waals surface area (Å²) >= 11 is 0. The van der Waals surface area contributed by atoms with E-state index in [1.54, 1.807) is 7.11 Å². The summed E-state index contributed by atoms with van der Waals surface area (Å²) in [6, 6.07) is 6.35. The van der Waals surface area contributed by atoms with Crippen LogP contribution in [0.4, 0.5) is 0 Å². The Bertz CT molecular complexity index is 409. The molecule has 4 nitrogen and oxygen atoms in total. The third-order valence-corrected chi connectivity index (χ3v) is 3.46. The highest BCUT2D eigenvalue weighted by molar-refractivity contribution is 5.43. The van der Waals surface area contributed by atoms with Crippen molar-refractivity contribution in [2.24, 2.45) is 0 Å². The van der Waals surface area contributed by atoms with Gasteiger partial charge in [0.25, 0.3) is 0 Å². The summed E-state index contributed by atoms with van der Waals surface area (Å²) in [5.41, 5.74) is 1.20. The molecule has 20 heavy (non-hydrogen) atoms. The summed E-state index contributed by atoms with van der Waals surface area (Å²) in [5, 5.41) is 3.59. The lowest BCUT2D eigenvalue weighted by atomic mass is 10.00. The van der Waals surface area contributed by atoms with Gasteiger partial charge in [0.05, 0.1) is 13.7 Å². The quantitative estimate of drug-likeness (QED) is 0.743. The Hall–Kier alpha value is -1.26. The van der Waals surface area contributed by atoms with Gasteiger partial charge < -0.3 is 19.5 Å². The minimum absolute atomic E-state index is 0.347. The van der Waals surface area contributed by atoms with E-state index >= 15 is 0 Å². The van der Waals surface area contributed by atoms with Crippen LogP contribution in [0.2, 0.25) is 0 Å². The molecule has 1 atom stereocenters. The highest BCUT2D eigenvalue weighted by Gasteiger charge is 2.21. The average Bonchev–Trinajstić information content (AvgIpc) is 2.50. The van der Waals surface area contributed by atoms with Crippen LogP contribution in [-0.4, -0.2) is 33.5 Å². The maximum atomic E-state index is 5.69. The summed E-state index contributed by atoms with van der Waals surface area (Å²) in [5.74, 6) is 1.85. The third kappa shape index (κ3) is 4.12. The Balaban J connectivity index is 1.84. The van der Waals surface area contributed by atoms with Crippen molar-refractivity contribution in [3.8, 4) is 11.5 Å². The zero-order valence-corrected chi connectivity index (χ0v) is 12.5. The van der Waals surface area contributed by atoms with Crippen molar-refractivity contribution >= 4 is 0 Å². The largest absolute Gasteiger partial charge is 0.497 e. The van der Waals surface area contributed by atoms with Crippen LogP contribution < -0.4 is 14.8 Å². The van der Waals surface area contributed by atoms with E-state index in [9.17, 15) is 0 Å². The van der Waals surface area contributed by atoms with Crippen LogP contribution in [0, 0.1) is 0 Å². The summed E-state index contributed by atoms with van der Waals surface area (Å²) < 4.78 is 16.5. The van der Waals surface area contributed by atoms with Crippen molar-refractivity contribution in [3.05, 3.63) is 23.8 Å². The van der Waals surface area contributed by atoms with E-state index in [-0.39, 0.29) is 0 Å². The predicted octanol–water partition coefficient (Wildman–Crippen LogP) is 2.93. The first-order valence-corrected chi connectivity index (χ1v) is 7.47. The van der Waals surface area contributed by atoms with Crippen LogP contribution in [0.25, 0.3) is 0 Å². The van der Waals surface area contributed by atoms with Gasteiger partial charge in [-0.3, -0.25) is 0 Å². The van der Waals surface area contributed by atoms with Gasteiger partial charge in [-0.2, -0.15) is 0 Å². The number of rotatable bonds is 8. The Morgan fingerprint density at radius 2 is 2.25 bits per heavy atom. The van der Waals surface area contributed by atoms with Crippen molar-refractivity contribution < 1.29 is 14.2 Å². The van der Waals surface area contributed by atoms with E-state index in [1.807, 2.05) is 12.1 Å². The van der Waals surface area contributed by atoms with Crippen LogP contribution in [-0.2, 0) is 4.74 Å². The van der Waals surface area contributed by atoms with E-state index in [1.165, 1.54) is 5.56 Å². The number of benzene rings is 1. The number of nitrogens with one attached hydrogen (secondary N) is 1. The maximum absolute atomic E-state index is 5.69. The van der Waals surface area contributed by atoms with Gasteiger partial charge >= 0.3 is 0 Å². The van der Waals surface area contributed by atoms with Crippen molar-refractivity contribution in [3.63, 3.8) is 0 Å². The number of fused-ring (bicyclic) bond motifs is 1. The lowest BCUT2D eigenvalue weighted by Crippen LogP contribution is -2.28. The highest BCUT2D eigenvalue weighted by atomic mass is 16.5. The van der Waals surface area contributed by atoms with E-state index in [4.69, 9.17) is 14.2 Å². The summed E-state index contributed by atoms with van der Waals surface area (Å²) in [4.78, 5) is 0. The van der Waals surface area contributed by atoms with Crippen LogP contribution >= 0.6 is 0 Å². The van der Waals surface area contributed by atoms with Crippen LogP contribution in [0.5, 0.6) is 11.5 Å². The van der Waals surface area contributed by atoms with Crippen molar-refractivity contribution in [1.29, 1.82) is 0 Å². The molecule has 0 aromatic heterocycles. The molecule has 1 aromatic rings. The SMILES string of the molecule is CCCOCCCNC1CCOc2ccc(OC)cc21. The van der Waals surface area contributed by atoms with E-state index in [0.717, 1.165) is 57.1 Å². The number of hydrogen-bond donors (Lipinski definition) is 1. The fraction of sp³-hybridized carbons (Fsp3) is 0.625. The van der Waals surface area contributed by atoms with Crippen LogP contribution in [0.1, 0.15) is 37.8 Å². The first kappa shape index (κ1) is 15.1. The van der Waals surface area contributed by atoms with Crippen molar-refractivity contribution in [2.75, 3.05) is 33.5 Å². The normalized spacial score (nSPS) is 17.4. The topological polar surface area (TPSA) is 39.7 Å². The van der Waals surface area contributed by atoms with Crippen LogP contribution in [0.3, 0.4) is 0 Å². The second-order valence-corrected chi connectivity index (χ2v) is 5.01. The molecule has 0 radical (unpaired) electrons. The fourth-order valence-corrected chi connectivity index (χ4v) is 2.41. The summed E-state index contributed by atoms with van der Waals surface area (Å²) in [6.45, 7) is 5.55. The Morgan fingerprint density at radius 1 is 1.35 bits per heavy atom. The number of hydrogen-bond acceptors (Lipinski definition) is 4. The Labute approximate surface area is 121 Å². The molecule has 0 spiro atoms. The van der Waals surface area contributed by atoms with E-state index in [0.29, 0.717) is 6.04 Å². The van der Waals surface area contributed by atoms with Crippen molar-refractivity contribution in [1.82, 2.24) is 5.32 Å². The highest BCUT2D eigenvalue weighted by Crippen LogP contribution is 2.34. The second kappa shape index (κ2) is 8.12. The van der Waals surface area contributed by atoms with Gasteiger partial charge in [0.1, 0.15) is 11.5 Å². The Morgan fingerprint density at radius 3 is 3.05 bits per heavy atom. The molecule has 0 aliphatic carbocycles. The van der Waals surface area contributed by atoms with Gasteiger partial charge in [0.2, 0.25) is 0 Å². The molecule has 1 N–H and O–H groups in total. The molecule has 4 heteroatoms. The Kier molecular flexibility index (Phi) is 6.15. The van der Waals surface area contributed by atoms with Gasteiger partial charge in [-0.1, -0.05) is 6.92 Å². The molecular weight excluding hydrogens is 254 g/mol. The fourth-order valence-electron chi connectivity index (χ4n) is 2.41. The molecule has 1 unspecified atom stereocenters. The molecule has 1 aliphatic heterocycles. The minimum Gasteiger partial charge on any atom is -0.497 e. The van der Waals surface area contributed by atoms with Gasteiger partial charge in [-0.25, -0.2) is 0 Å². The van der Waals surface area contributed by atoms with Gasteiger partial charge in [0, 0.05) is 31.2 Å². The maximum Gasteiger partial charge on any atom is 0.124 e. The lowest BCUT2D eigenvalue weighted by molar-refractivity contribution is 0.131. The van der Waals surface area contributed by atoms with Gasteiger partial charge in [-0.15, -0.1) is 0 Å². The molecule has 1 aliphatic rings. The monoisotopic (exact) mass is 279 g/mol. The number of methoxy groups -OCH3 is 1. The summed E-state index contributed by atoms with van der Waals surface area (Å²) in [7, 11) is 1.69. The lowest BCUT2D eigenvalue weighted by Gasteiger charge is -2.27. The molecule has 2 rings (SSSR count). The predicted molar refractivity (Wildman–Crippen MR) is 79.6 cm³/mol. The molecule has 0 saturated carbocycles. The minimum atomic E-state index is 0.347. The smallest absolute Gasteiger partial charge is 0.124 e. The molecule has 112 valence electrons. The molecular formula is C16H25NO3. The van der Waals surface area contributed by atoms with Crippen molar-refractivity contribution in [2.45, 2.75) is 32.2 Å². The van der Waals surface area contributed by atoms with Gasteiger partial charge in [0.15, 0.2) is 0 Å². The third-order valence-electron chi connectivity index (χ3n) is 3.46.